The fraction of sp³-hybridized carbons (Fsp3) is 0.333. The van der Waals surface area contributed by atoms with Crippen LogP contribution in [0.15, 0.2) is 50.5 Å². The molecule has 0 saturated carbocycles. The molecule has 2 aromatic carbocycles. The molecule has 1 aliphatic heterocycles. The Morgan fingerprint density at radius 2 is 1.82 bits per heavy atom. The van der Waals surface area contributed by atoms with Gasteiger partial charge in [-0.05, 0) is 43.2 Å². The Hall–Kier alpha value is -3.21. The number of rotatable bonds is 6. The normalized spacial score (nSPS) is 14.8. The number of sulfonamides is 1. The predicted molar refractivity (Wildman–Crippen MR) is 124 cm³/mol. The minimum Gasteiger partial charge on any atom is -0.495 e. The van der Waals surface area contributed by atoms with Crippen molar-refractivity contribution in [1.82, 2.24) is 4.31 Å². The molecule has 2 heterocycles. The van der Waals surface area contributed by atoms with Crippen LogP contribution in [0.2, 0.25) is 0 Å². The Bertz CT molecular complexity index is 1400. The fourth-order valence-electron chi connectivity index (χ4n) is 3.80. The molecule has 1 saturated heterocycles. The summed E-state index contributed by atoms with van der Waals surface area (Å²) in [7, 11) is -2.54. The average Bonchev–Trinajstić information content (AvgIpc) is 2.85. The number of fused-ring (bicyclic) bond motifs is 1. The van der Waals surface area contributed by atoms with Crippen molar-refractivity contribution in [2.24, 2.45) is 0 Å². The van der Waals surface area contributed by atoms with Crippen molar-refractivity contribution in [2.75, 3.05) is 33.4 Å². The van der Waals surface area contributed by atoms with Gasteiger partial charge in [-0.3, -0.25) is 0 Å². The number of hydrogen-bond acceptors (Lipinski definition) is 8. The summed E-state index contributed by atoms with van der Waals surface area (Å²) in [5.74, 6) is -0.605. The lowest BCUT2D eigenvalue weighted by Crippen LogP contribution is -2.40. The van der Waals surface area contributed by atoms with Crippen molar-refractivity contribution < 1.29 is 31.8 Å². The van der Waals surface area contributed by atoms with E-state index < -0.39 is 21.6 Å². The van der Waals surface area contributed by atoms with Gasteiger partial charge in [0.2, 0.25) is 10.0 Å². The smallest absolute Gasteiger partial charge is 0.338 e. The van der Waals surface area contributed by atoms with Crippen LogP contribution in [-0.4, -0.2) is 52.1 Å². The largest absolute Gasteiger partial charge is 0.495 e. The monoisotopic (exact) mass is 487 g/mol. The second-order valence-corrected chi connectivity index (χ2v) is 9.84. The Kier molecular flexibility index (Phi) is 6.74. The molecule has 0 unspecified atom stereocenters. The lowest BCUT2D eigenvalue weighted by atomic mass is 10.0. The molecule has 0 radical (unpaired) electrons. The van der Waals surface area contributed by atoms with E-state index in [0.717, 1.165) is 11.1 Å². The van der Waals surface area contributed by atoms with E-state index in [2.05, 4.69) is 0 Å². The van der Waals surface area contributed by atoms with Gasteiger partial charge in [0.1, 0.15) is 22.8 Å². The molecule has 0 spiro atoms. The molecular weight excluding hydrogens is 462 g/mol. The van der Waals surface area contributed by atoms with Gasteiger partial charge in [-0.1, -0.05) is 12.1 Å². The molecule has 1 aromatic heterocycles. The number of carbonyl (C=O) groups is 1. The van der Waals surface area contributed by atoms with Crippen molar-refractivity contribution in [3.05, 3.63) is 69.1 Å². The minimum atomic E-state index is -3.90. The van der Waals surface area contributed by atoms with Crippen molar-refractivity contribution in [3.63, 3.8) is 0 Å². The Labute approximate surface area is 196 Å². The molecule has 1 fully saturated rings. The number of carbonyl (C=O) groups excluding carboxylic acids is 1. The lowest BCUT2D eigenvalue weighted by molar-refractivity contribution is 0.0473. The zero-order valence-electron chi connectivity index (χ0n) is 19.1. The van der Waals surface area contributed by atoms with E-state index >= 15 is 0 Å². The lowest BCUT2D eigenvalue weighted by Gasteiger charge is -2.26. The number of esters is 1. The molecule has 34 heavy (non-hydrogen) atoms. The first-order chi connectivity index (χ1) is 16.2. The third-order valence-corrected chi connectivity index (χ3v) is 7.78. The molecule has 10 heteroatoms. The summed E-state index contributed by atoms with van der Waals surface area (Å²) < 4.78 is 48.9. The van der Waals surface area contributed by atoms with Crippen molar-refractivity contribution >= 4 is 27.0 Å². The molecule has 0 amide bonds. The first-order valence-corrected chi connectivity index (χ1v) is 12.1. The van der Waals surface area contributed by atoms with Crippen LogP contribution in [-0.2, 0) is 26.1 Å². The predicted octanol–water partition coefficient (Wildman–Crippen LogP) is 2.80. The maximum atomic E-state index is 13.2. The maximum absolute atomic E-state index is 13.2. The van der Waals surface area contributed by atoms with Crippen LogP contribution in [0.4, 0.5) is 0 Å². The van der Waals surface area contributed by atoms with Crippen LogP contribution in [0.25, 0.3) is 11.0 Å². The van der Waals surface area contributed by atoms with Crippen molar-refractivity contribution in [1.29, 1.82) is 0 Å². The van der Waals surface area contributed by atoms with Gasteiger partial charge in [0.05, 0.1) is 25.9 Å². The highest BCUT2D eigenvalue weighted by Crippen LogP contribution is 2.29. The van der Waals surface area contributed by atoms with Gasteiger partial charge in [-0.15, -0.1) is 0 Å². The van der Waals surface area contributed by atoms with Gasteiger partial charge < -0.3 is 18.6 Å². The van der Waals surface area contributed by atoms with Crippen LogP contribution in [0, 0.1) is 13.8 Å². The number of benzene rings is 2. The third kappa shape index (κ3) is 4.56. The summed E-state index contributed by atoms with van der Waals surface area (Å²) in [5.41, 5.74) is 2.25. The molecule has 0 atom stereocenters. The molecule has 0 aliphatic carbocycles. The standard InChI is InChI=1S/C24H25NO8S/c1-15-4-6-19-18(13-22(26)33-23(19)16(15)2)14-32-24(27)17-5-7-20(30-3)21(12-17)34(28,29)25-8-10-31-11-9-25/h4-7,12-13H,8-11,14H2,1-3H3. The zero-order valence-corrected chi connectivity index (χ0v) is 19.9. The van der Waals surface area contributed by atoms with E-state index in [1.165, 1.54) is 35.7 Å². The number of nitrogens with zero attached hydrogens (tertiary/aromatic N) is 1. The van der Waals surface area contributed by atoms with Crippen molar-refractivity contribution in [2.45, 2.75) is 25.3 Å². The number of morpholine rings is 1. The molecule has 3 aromatic rings. The SMILES string of the molecule is COc1ccc(C(=O)OCc2cc(=O)oc3c(C)c(C)ccc23)cc1S(=O)(=O)N1CCOCC1. The molecule has 9 nitrogen and oxygen atoms in total. The summed E-state index contributed by atoms with van der Waals surface area (Å²) in [6, 6.07) is 9.09. The van der Waals surface area contributed by atoms with Gasteiger partial charge in [-0.25, -0.2) is 18.0 Å². The third-order valence-electron chi connectivity index (χ3n) is 5.86. The Morgan fingerprint density at radius 1 is 1.09 bits per heavy atom. The van der Waals surface area contributed by atoms with Crippen LogP contribution >= 0.6 is 0 Å². The van der Waals surface area contributed by atoms with Crippen LogP contribution in [0.5, 0.6) is 5.75 Å². The number of ether oxygens (including phenoxy) is 3. The number of methoxy groups -OCH3 is 1. The van der Waals surface area contributed by atoms with Gasteiger partial charge in [0.15, 0.2) is 0 Å². The summed E-state index contributed by atoms with van der Waals surface area (Å²) in [4.78, 5) is 24.8. The number of hydrogen-bond donors (Lipinski definition) is 0. The summed E-state index contributed by atoms with van der Waals surface area (Å²) >= 11 is 0. The van der Waals surface area contributed by atoms with E-state index in [4.69, 9.17) is 18.6 Å². The molecule has 0 N–H and O–H groups in total. The van der Waals surface area contributed by atoms with Gasteiger partial charge >= 0.3 is 11.6 Å². The molecular formula is C24H25NO8S. The van der Waals surface area contributed by atoms with Crippen molar-refractivity contribution in [3.8, 4) is 5.75 Å². The summed E-state index contributed by atoms with van der Waals surface area (Å²) in [6.45, 7) is 4.59. The molecule has 1 aliphatic rings. The zero-order chi connectivity index (χ0) is 24.5. The van der Waals surface area contributed by atoms with E-state index in [1.54, 1.807) is 0 Å². The highest BCUT2D eigenvalue weighted by atomic mass is 32.2. The Morgan fingerprint density at radius 3 is 2.53 bits per heavy atom. The van der Waals surface area contributed by atoms with E-state index in [1.807, 2.05) is 26.0 Å². The van der Waals surface area contributed by atoms with Gasteiger partial charge in [0.25, 0.3) is 0 Å². The van der Waals surface area contributed by atoms with E-state index in [9.17, 15) is 18.0 Å². The van der Waals surface area contributed by atoms with E-state index in [-0.39, 0.29) is 35.9 Å². The quantitative estimate of drug-likeness (QED) is 0.385. The second-order valence-electron chi connectivity index (χ2n) is 7.93. The van der Waals surface area contributed by atoms with Crippen LogP contribution in [0.3, 0.4) is 0 Å². The summed E-state index contributed by atoms with van der Waals surface area (Å²) in [5, 5.41) is 0.667. The average molecular weight is 488 g/mol. The van der Waals surface area contributed by atoms with Crippen LogP contribution in [0.1, 0.15) is 27.0 Å². The van der Waals surface area contributed by atoms with Crippen LogP contribution < -0.4 is 10.4 Å². The van der Waals surface area contributed by atoms with Gasteiger partial charge in [0, 0.05) is 30.1 Å². The molecule has 4 rings (SSSR count). The topological polar surface area (TPSA) is 112 Å². The number of aryl methyl sites for hydroxylation is 2. The first-order valence-electron chi connectivity index (χ1n) is 10.7. The fourth-order valence-corrected chi connectivity index (χ4v) is 5.39. The minimum absolute atomic E-state index is 0.0481. The van der Waals surface area contributed by atoms with E-state index in [0.29, 0.717) is 29.7 Å². The summed E-state index contributed by atoms with van der Waals surface area (Å²) in [6.07, 6.45) is 0. The Balaban J connectivity index is 1.62. The highest BCUT2D eigenvalue weighted by Gasteiger charge is 2.30. The second kappa shape index (κ2) is 9.57. The maximum Gasteiger partial charge on any atom is 0.338 e. The molecule has 180 valence electrons. The van der Waals surface area contributed by atoms with Gasteiger partial charge in [-0.2, -0.15) is 4.31 Å². The first kappa shape index (κ1) is 23.9. The highest BCUT2D eigenvalue weighted by molar-refractivity contribution is 7.89. The molecule has 0 bridgehead atoms.